The summed E-state index contributed by atoms with van der Waals surface area (Å²) in [5.74, 6) is 2.44. The standard InChI is InChI=1S/C30H43N7O/c1-9-25(21(2)10-11-22(3)30(4,5)6)32-28-26-27(31-20-35(26)7)33-29(34-28)37-18-16-36(17-19-37)23-12-14-24(38-8)15-13-23/h10-15,20,25H,9,16-19H2,1-8H3,(H,32,33,34). The number of fused-ring (bicyclic) bond motifs is 1. The molecule has 0 radical (unpaired) electrons. The minimum Gasteiger partial charge on any atom is -0.497 e. The van der Waals surface area contributed by atoms with Gasteiger partial charge in [0, 0.05) is 45.0 Å². The maximum atomic E-state index is 5.30. The number of ether oxygens (including phenoxy) is 1. The van der Waals surface area contributed by atoms with Crippen LogP contribution in [0.4, 0.5) is 17.5 Å². The Labute approximate surface area is 227 Å². The second-order valence-corrected chi connectivity index (χ2v) is 11.2. The van der Waals surface area contributed by atoms with Crippen molar-refractivity contribution >= 4 is 28.6 Å². The first-order valence-electron chi connectivity index (χ1n) is 13.6. The lowest BCUT2D eigenvalue weighted by Gasteiger charge is -2.36. The monoisotopic (exact) mass is 517 g/mol. The van der Waals surface area contributed by atoms with Crippen molar-refractivity contribution in [1.29, 1.82) is 0 Å². The highest BCUT2D eigenvalue weighted by Crippen LogP contribution is 2.28. The number of imidazole rings is 1. The molecule has 1 aromatic carbocycles. The van der Waals surface area contributed by atoms with Crippen LogP contribution in [0.5, 0.6) is 5.75 Å². The van der Waals surface area contributed by atoms with E-state index in [4.69, 9.17) is 14.7 Å². The topological polar surface area (TPSA) is 71.3 Å². The van der Waals surface area contributed by atoms with Crippen LogP contribution in [-0.4, -0.2) is 58.8 Å². The summed E-state index contributed by atoms with van der Waals surface area (Å²) in [5, 5.41) is 3.73. The van der Waals surface area contributed by atoms with E-state index in [9.17, 15) is 0 Å². The van der Waals surface area contributed by atoms with Gasteiger partial charge in [0.25, 0.3) is 0 Å². The summed E-state index contributed by atoms with van der Waals surface area (Å²) in [7, 11) is 3.69. The van der Waals surface area contributed by atoms with Gasteiger partial charge in [-0.2, -0.15) is 9.97 Å². The summed E-state index contributed by atoms with van der Waals surface area (Å²) in [5.41, 5.74) is 5.65. The SMILES string of the molecule is CCC(Nc1nc(N2CCN(c3ccc(OC)cc3)CC2)nc2ncn(C)c12)C(C)=CC=C(C)C(C)(C)C. The minimum absolute atomic E-state index is 0.158. The van der Waals surface area contributed by atoms with Gasteiger partial charge in [-0.1, -0.05) is 51.0 Å². The van der Waals surface area contributed by atoms with E-state index in [0.717, 1.165) is 61.3 Å². The third kappa shape index (κ3) is 6.11. The van der Waals surface area contributed by atoms with E-state index in [1.807, 2.05) is 30.1 Å². The third-order valence-electron chi connectivity index (χ3n) is 7.61. The molecule has 3 aromatic rings. The Morgan fingerprint density at radius 3 is 2.29 bits per heavy atom. The summed E-state index contributed by atoms with van der Waals surface area (Å²) in [6.07, 6.45) is 7.24. The van der Waals surface area contributed by atoms with E-state index in [1.165, 1.54) is 16.8 Å². The second kappa shape index (κ2) is 11.5. The first kappa shape index (κ1) is 27.5. The first-order chi connectivity index (χ1) is 18.1. The molecule has 4 rings (SSSR count). The number of aryl methyl sites for hydroxylation is 1. The highest BCUT2D eigenvalue weighted by molar-refractivity contribution is 5.85. The summed E-state index contributed by atoms with van der Waals surface area (Å²) in [6.45, 7) is 16.8. The van der Waals surface area contributed by atoms with Gasteiger partial charge in [-0.25, -0.2) is 4.98 Å². The lowest BCUT2D eigenvalue weighted by atomic mass is 9.87. The maximum Gasteiger partial charge on any atom is 0.229 e. The number of hydrogen-bond acceptors (Lipinski definition) is 7. The Morgan fingerprint density at radius 1 is 1.03 bits per heavy atom. The van der Waals surface area contributed by atoms with Gasteiger partial charge in [0.05, 0.1) is 13.4 Å². The van der Waals surface area contributed by atoms with Crippen molar-refractivity contribution < 1.29 is 4.74 Å². The lowest BCUT2D eigenvalue weighted by molar-refractivity contribution is 0.415. The smallest absolute Gasteiger partial charge is 0.229 e. The number of anilines is 3. The van der Waals surface area contributed by atoms with Crippen molar-refractivity contribution in [3.8, 4) is 5.75 Å². The van der Waals surface area contributed by atoms with Gasteiger partial charge in [-0.05, 0) is 49.9 Å². The largest absolute Gasteiger partial charge is 0.497 e. The predicted molar refractivity (Wildman–Crippen MR) is 158 cm³/mol. The van der Waals surface area contributed by atoms with Crippen LogP contribution in [0.15, 0.2) is 53.9 Å². The molecule has 0 amide bonds. The van der Waals surface area contributed by atoms with Crippen molar-refractivity contribution in [3.63, 3.8) is 0 Å². The van der Waals surface area contributed by atoms with Gasteiger partial charge < -0.3 is 24.4 Å². The zero-order valence-corrected chi connectivity index (χ0v) is 24.2. The Bertz CT molecular complexity index is 1290. The molecular formula is C30H43N7O. The zero-order valence-electron chi connectivity index (χ0n) is 24.2. The molecule has 1 fully saturated rings. The van der Waals surface area contributed by atoms with Gasteiger partial charge in [0.2, 0.25) is 5.95 Å². The fourth-order valence-electron chi connectivity index (χ4n) is 4.57. The van der Waals surface area contributed by atoms with E-state index < -0.39 is 0 Å². The molecule has 1 unspecified atom stereocenters. The van der Waals surface area contributed by atoms with Crippen LogP contribution in [0.25, 0.3) is 11.2 Å². The van der Waals surface area contributed by atoms with Crippen molar-refractivity contribution in [2.45, 2.75) is 54.0 Å². The van der Waals surface area contributed by atoms with Crippen LogP contribution >= 0.6 is 0 Å². The lowest BCUT2D eigenvalue weighted by Crippen LogP contribution is -2.47. The predicted octanol–water partition coefficient (Wildman–Crippen LogP) is 5.83. The van der Waals surface area contributed by atoms with Gasteiger partial charge in [-0.15, -0.1) is 0 Å². The number of methoxy groups -OCH3 is 1. The second-order valence-electron chi connectivity index (χ2n) is 11.2. The molecule has 204 valence electrons. The maximum absolute atomic E-state index is 5.30. The average molecular weight is 518 g/mol. The molecule has 1 N–H and O–H groups in total. The van der Waals surface area contributed by atoms with Gasteiger partial charge in [-0.3, -0.25) is 0 Å². The number of piperazine rings is 1. The van der Waals surface area contributed by atoms with Gasteiger partial charge >= 0.3 is 0 Å². The number of nitrogens with zero attached hydrogens (tertiary/aromatic N) is 6. The average Bonchev–Trinajstić information content (AvgIpc) is 3.30. The van der Waals surface area contributed by atoms with E-state index in [0.29, 0.717) is 0 Å². The molecule has 1 atom stereocenters. The van der Waals surface area contributed by atoms with Crippen molar-refractivity contribution in [2.24, 2.45) is 12.5 Å². The molecule has 0 aliphatic carbocycles. The zero-order chi connectivity index (χ0) is 27.4. The molecule has 1 aliphatic heterocycles. The Morgan fingerprint density at radius 2 is 1.68 bits per heavy atom. The number of hydrogen-bond donors (Lipinski definition) is 1. The highest BCUT2D eigenvalue weighted by Gasteiger charge is 2.23. The molecule has 8 nitrogen and oxygen atoms in total. The molecule has 0 spiro atoms. The normalized spacial score (nSPS) is 16.2. The third-order valence-corrected chi connectivity index (χ3v) is 7.61. The van der Waals surface area contributed by atoms with Crippen LogP contribution in [0, 0.1) is 5.41 Å². The summed E-state index contributed by atoms with van der Waals surface area (Å²) in [4.78, 5) is 19.1. The van der Waals surface area contributed by atoms with E-state index >= 15 is 0 Å². The summed E-state index contributed by atoms with van der Waals surface area (Å²) >= 11 is 0. The molecule has 1 saturated heterocycles. The number of aromatic nitrogens is 4. The molecule has 8 heteroatoms. The minimum atomic E-state index is 0.158. The van der Waals surface area contributed by atoms with Crippen LogP contribution in [0.1, 0.15) is 48.0 Å². The van der Waals surface area contributed by atoms with Crippen molar-refractivity contribution in [1.82, 2.24) is 19.5 Å². The molecule has 0 bridgehead atoms. The van der Waals surface area contributed by atoms with E-state index in [-0.39, 0.29) is 11.5 Å². The fourth-order valence-corrected chi connectivity index (χ4v) is 4.57. The number of benzene rings is 1. The summed E-state index contributed by atoms with van der Waals surface area (Å²) in [6, 6.07) is 8.42. The van der Waals surface area contributed by atoms with Crippen LogP contribution < -0.4 is 19.9 Å². The first-order valence-corrected chi connectivity index (χ1v) is 13.6. The molecule has 2 aromatic heterocycles. The number of rotatable bonds is 8. The van der Waals surface area contributed by atoms with Crippen molar-refractivity contribution in [2.75, 3.05) is 48.4 Å². The fraction of sp³-hybridized carbons (Fsp3) is 0.500. The van der Waals surface area contributed by atoms with Crippen LogP contribution in [-0.2, 0) is 7.05 Å². The van der Waals surface area contributed by atoms with Gasteiger partial charge in [0.1, 0.15) is 11.3 Å². The number of nitrogens with one attached hydrogen (secondary N) is 1. The summed E-state index contributed by atoms with van der Waals surface area (Å²) < 4.78 is 7.30. The Balaban J connectivity index is 1.55. The Kier molecular flexibility index (Phi) is 8.29. The molecule has 3 heterocycles. The molecule has 1 aliphatic rings. The highest BCUT2D eigenvalue weighted by atomic mass is 16.5. The van der Waals surface area contributed by atoms with Crippen molar-refractivity contribution in [3.05, 3.63) is 53.9 Å². The van der Waals surface area contributed by atoms with Crippen LogP contribution in [0.2, 0.25) is 0 Å². The number of allylic oxidation sites excluding steroid dienone is 3. The molecule has 38 heavy (non-hydrogen) atoms. The van der Waals surface area contributed by atoms with E-state index in [2.05, 4.69) is 85.9 Å². The van der Waals surface area contributed by atoms with Gasteiger partial charge in [0.15, 0.2) is 11.5 Å². The molecule has 0 saturated carbocycles. The molecular weight excluding hydrogens is 474 g/mol. The Hall–Kier alpha value is -3.55. The van der Waals surface area contributed by atoms with Crippen LogP contribution in [0.3, 0.4) is 0 Å². The quantitative estimate of drug-likeness (QED) is 0.377. The van der Waals surface area contributed by atoms with E-state index in [1.54, 1.807) is 7.11 Å².